The Morgan fingerprint density at radius 1 is 0.824 bits per heavy atom. The Morgan fingerprint density at radius 3 is 2.03 bits per heavy atom. The van der Waals surface area contributed by atoms with Crippen LogP contribution in [0.2, 0.25) is 0 Å². The smallest absolute Gasteiger partial charge is 0.300 e. The molecule has 7 nitrogen and oxygen atoms in total. The number of amides is 1. The van der Waals surface area contributed by atoms with Gasteiger partial charge < -0.3 is 19.3 Å². The summed E-state index contributed by atoms with van der Waals surface area (Å²) in [5, 5.41) is 11.3. The van der Waals surface area contributed by atoms with E-state index in [1.165, 1.54) is 19.1 Å². The molecule has 1 unspecified atom stereocenters. The fourth-order valence-corrected chi connectivity index (χ4v) is 4.06. The number of anilines is 1. The number of benzene rings is 3. The van der Waals surface area contributed by atoms with Crippen LogP contribution >= 0.6 is 0 Å². The lowest BCUT2D eigenvalue weighted by Gasteiger charge is -2.27. The number of aliphatic hydroxyl groups is 1. The third-order valence-corrected chi connectivity index (χ3v) is 5.85. The molecule has 0 aromatic heterocycles. The molecule has 1 aliphatic heterocycles. The van der Waals surface area contributed by atoms with Gasteiger partial charge in [-0.25, -0.2) is 0 Å². The number of nitrogens with zero attached hydrogens (tertiary/aromatic N) is 1. The quantitative estimate of drug-likeness (QED) is 0.328. The van der Waals surface area contributed by atoms with Crippen LogP contribution in [-0.4, -0.2) is 38.1 Å². The van der Waals surface area contributed by atoms with Crippen LogP contribution in [0.25, 0.3) is 5.76 Å². The van der Waals surface area contributed by atoms with Crippen molar-refractivity contribution in [1.29, 1.82) is 0 Å². The molecular weight excluding hydrogens is 434 g/mol. The monoisotopic (exact) mass is 459 g/mol. The number of carbonyl (C=O) groups excluding carboxylic acids is 2. The number of carbonyl (C=O) groups is 2. The Labute approximate surface area is 197 Å². The SMILES string of the molecule is COc1ccc(N2C(=O)C(=O)/C(=C(/O)c3ccc(C)cc3)C2c2cc(OC)ccc2OC)cc1. The van der Waals surface area contributed by atoms with E-state index in [-0.39, 0.29) is 11.3 Å². The molecule has 174 valence electrons. The summed E-state index contributed by atoms with van der Waals surface area (Å²) in [4.78, 5) is 28.0. The number of ether oxygens (including phenoxy) is 3. The second-order valence-electron chi connectivity index (χ2n) is 7.84. The van der Waals surface area contributed by atoms with Gasteiger partial charge >= 0.3 is 0 Å². The van der Waals surface area contributed by atoms with Crippen LogP contribution < -0.4 is 19.1 Å². The van der Waals surface area contributed by atoms with E-state index in [1.54, 1.807) is 61.7 Å². The van der Waals surface area contributed by atoms with Crippen LogP contribution in [0.5, 0.6) is 17.2 Å². The summed E-state index contributed by atoms with van der Waals surface area (Å²) < 4.78 is 16.2. The third kappa shape index (κ3) is 3.96. The minimum Gasteiger partial charge on any atom is -0.507 e. The first-order valence-electron chi connectivity index (χ1n) is 10.6. The van der Waals surface area contributed by atoms with E-state index < -0.39 is 17.7 Å². The van der Waals surface area contributed by atoms with E-state index in [1.807, 2.05) is 19.1 Å². The topological polar surface area (TPSA) is 85.3 Å². The molecule has 1 fully saturated rings. The number of aryl methyl sites for hydroxylation is 1. The van der Waals surface area contributed by atoms with Crippen molar-refractivity contribution in [3.8, 4) is 17.2 Å². The number of aliphatic hydroxyl groups excluding tert-OH is 1. The molecule has 0 aliphatic carbocycles. The Balaban J connectivity index is 1.99. The second-order valence-corrected chi connectivity index (χ2v) is 7.84. The predicted molar refractivity (Wildman–Crippen MR) is 129 cm³/mol. The van der Waals surface area contributed by atoms with Crippen molar-refractivity contribution in [1.82, 2.24) is 0 Å². The van der Waals surface area contributed by atoms with Crippen LogP contribution in [0.15, 0.2) is 72.3 Å². The average Bonchev–Trinajstić information content (AvgIpc) is 3.13. The Kier molecular flexibility index (Phi) is 6.27. The van der Waals surface area contributed by atoms with Gasteiger partial charge in [-0.1, -0.05) is 29.8 Å². The number of Topliss-reactive ketones (excluding diaryl/α,β-unsaturated/α-hetero) is 1. The molecular formula is C27H25NO6. The van der Waals surface area contributed by atoms with Crippen LogP contribution in [0.4, 0.5) is 5.69 Å². The van der Waals surface area contributed by atoms with Crippen molar-refractivity contribution in [2.24, 2.45) is 0 Å². The largest absolute Gasteiger partial charge is 0.507 e. The van der Waals surface area contributed by atoms with Crippen molar-refractivity contribution in [3.63, 3.8) is 0 Å². The molecule has 1 aliphatic rings. The van der Waals surface area contributed by atoms with Crippen LogP contribution in [0.1, 0.15) is 22.7 Å². The summed E-state index contributed by atoms with van der Waals surface area (Å²) in [5.41, 5.74) is 2.38. The zero-order valence-corrected chi connectivity index (χ0v) is 19.4. The zero-order valence-electron chi connectivity index (χ0n) is 19.4. The minimum atomic E-state index is -0.945. The number of methoxy groups -OCH3 is 3. The van der Waals surface area contributed by atoms with Crippen molar-refractivity contribution >= 4 is 23.1 Å². The fourth-order valence-electron chi connectivity index (χ4n) is 4.06. The van der Waals surface area contributed by atoms with Crippen molar-refractivity contribution in [3.05, 3.63) is 89.0 Å². The number of hydrogen-bond acceptors (Lipinski definition) is 6. The molecule has 1 amide bonds. The minimum absolute atomic E-state index is 0.0313. The normalized spacial score (nSPS) is 17.1. The molecule has 0 bridgehead atoms. The lowest BCUT2D eigenvalue weighted by molar-refractivity contribution is -0.132. The van der Waals surface area contributed by atoms with E-state index >= 15 is 0 Å². The lowest BCUT2D eigenvalue weighted by Crippen LogP contribution is -2.29. The summed E-state index contributed by atoms with van der Waals surface area (Å²) >= 11 is 0. The molecule has 1 atom stereocenters. The number of rotatable bonds is 6. The van der Waals surface area contributed by atoms with Gasteiger partial charge in [0.2, 0.25) is 0 Å². The summed E-state index contributed by atoms with van der Waals surface area (Å²) in [6.45, 7) is 1.92. The fraction of sp³-hybridized carbons (Fsp3) is 0.185. The predicted octanol–water partition coefficient (Wildman–Crippen LogP) is 4.65. The number of hydrogen-bond donors (Lipinski definition) is 1. The average molecular weight is 459 g/mol. The first kappa shape index (κ1) is 22.9. The highest BCUT2D eigenvalue weighted by Crippen LogP contribution is 2.46. The summed E-state index contributed by atoms with van der Waals surface area (Å²) in [6, 6.07) is 18.1. The summed E-state index contributed by atoms with van der Waals surface area (Å²) in [5.74, 6) is -0.232. The maximum atomic E-state index is 13.3. The molecule has 3 aromatic rings. The molecule has 7 heteroatoms. The molecule has 0 radical (unpaired) electrons. The molecule has 34 heavy (non-hydrogen) atoms. The van der Waals surface area contributed by atoms with E-state index in [9.17, 15) is 14.7 Å². The molecule has 1 N–H and O–H groups in total. The first-order valence-corrected chi connectivity index (χ1v) is 10.6. The highest BCUT2D eigenvalue weighted by molar-refractivity contribution is 6.51. The standard InChI is InChI=1S/C27H25NO6/c1-16-5-7-17(8-6-16)25(29)23-24(21-15-20(33-3)13-14-22(21)34-4)28(27(31)26(23)30)18-9-11-19(32-2)12-10-18/h5-15,24,29H,1-4H3/b25-23+. The van der Waals surface area contributed by atoms with Gasteiger partial charge in [-0.05, 0) is 49.4 Å². The lowest BCUT2D eigenvalue weighted by atomic mass is 9.94. The maximum absolute atomic E-state index is 13.3. The van der Waals surface area contributed by atoms with Gasteiger partial charge in [0.05, 0.1) is 32.9 Å². The van der Waals surface area contributed by atoms with E-state index in [0.717, 1.165) is 5.56 Å². The zero-order chi connectivity index (χ0) is 24.4. The van der Waals surface area contributed by atoms with Crippen LogP contribution in [0, 0.1) is 6.92 Å². The van der Waals surface area contributed by atoms with Gasteiger partial charge in [0.25, 0.3) is 11.7 Å². The Morgan fingerprint density at radius 2 is 1.44 bits per heavy atom. The van der Waals surface area contributed by atoms with Crippen LogP contribution in [-0.2, 0) is 9.59 Å². The van der Waals surface area contributed by atoms with Gasteiger partial charge in [0.1, 0.15) is 23.0 Å². The highest BCUT2D eigenvalue weighted by atomic mass is 16.5. The Bertz CT molecular complexity index is 1260. The van der Waals surface area contributed by atoms with Crippen molar-refractivity contribution in [2.75, 3.05) is 26.2 Å². The van der Waals surface area contributed by atoms with E-state index in [4.69, 9.17) is 14.2 Å². The van der Waals surface area contributed by atoms with Gasteiger partial charge in [0.15, 0.2) is 0 Å². The van der Waals surface area contributed by atoms with E-state index in [0.29, 0.717) is 34.1 Å². The molecule has 1 saturated heterocycles. The Hall–Kier alpha value is -4.26. The molecule has 3 aromatic carbocycles. The third-order valence-electron chi connectivity index (χ3n) is 5.85. The van der Waals surface area contributed by atoms with E-state index in [2.05, 4.69) is 0 Å². The molecule has 1 heterocycles. The van der Waals surface area contributed by atoms with Gasteiger partial charge in [0, 0.05) is 16.8 Å². The molecule has 0 spiro atoms. The maximum Gasteiger partial charge on any atom is 0.300 e. The van der Waals surface area contributed by atoms with Gasteiger partial charge in [-0.3, -0.25) is 14.5 Å². The highest BCUT2D eigenvalue weighted by Gasteiger charge is 2.48. The first-order chi connectivity index (χ1) is 16.4. The van der Waals surface area contributed by atoms with Gasteiger partial charge in [-0.2, -0.15) is 0 Å². The van der Waals surface area contributed by atoms with Crippen LogP contribution in [0.3, 0.4) is 0 Å². The number of ketones is 1. The summed E-state index contributed by atoms with van der Waals surface area (Å²) in [6.07, 6.45) is 0. The molecule has 0 saturated carbocycles. The molecule has 4 rings (SSSR count). The van der Waals surface area contributed by atoms with Crippen molar-refractivity contribution in [2.45, 2.75) is 13.0 Å². The second kappa shape index (κ2) is 9.31. The summed E-state index contributed by atoms with van der Waals surface area (Å²) in [7, 11) is 4.58. The van der Waals surface area contributed by atoms with Crippen molar-refractivity contribution < 1.29 is 28.9 Å². The van der Waals surface area contributed by atoms with Gasteiger partial charge in [-0.15, -0.1) is 0 Å².